The van der Waals surface area contributed by atoms with Crippen LogP contribution in [0, 0.1) is 0 Å². The van der Waals surface area contributed by atoms with E-state index in [0.29, 0.717) is 12.5 Å². The largest absolute Gasteiger partial charge is 0.481 e. The summed E-state index contributed by atoms with van der Waals surface area (Å²) in [6, 6.07) is 0.333. The van der Waals surface area contributed by atoms with E-state index in [-0.39, 0.29) is 5.92 Å². The van der Waals surface area contributed by atoms with E-state index in [9.17, 15) is 4.79 Å². The highest BCUT2D eigenvalue weighted by Gasteiger charge is 2.32. The Labute approximate surface area is 92.3 Å². The minimum atomic E-state index is -0.754. The topological polar surface area (TPSA) is 62.2 Å². The van der Waals surface area contributed by atoms with Gasteiger partial charge in [0.25, 0.3) is 0 Å². The van der Waals surface area contributed by atoms with Crippen molar-refractivity contribution in [2.75, 3.05) is 5.32 Å². The maximum absolute atomic E-state index is 10.9. The highest BCUT2D eigenvalue weighted by Crippen LogP contribution is 2.38. The maximum atomic E-state index is 10.9. The summed E-state index contributed by atoms with van der Waals surface area (Å²) in [5, 5.41) is 13.1. The fraction of sp³-hybridized carbons (Fsp3) is 0.600. The molecule has 0 saturated carbocycles. The molecule has 15 heavy (non-hydrogen) atoms. The SMILES string of the molecule is CC(C)Nc1nc2c(s1)CCC2C(=O)O. The van der Waals surface area contributed by atoms with Crippen LogP contribution in [0.2, 0.25) is 0 Å². The Hall–Kier alpha value is -1.10. The van der Waals surface area contributed by atoms with E-state index in [0.717, 1.165) is 22.1 Å². The van der Waals surface area contributed by atoms with Crippen LogP contribution in [-0.2, 0) is 11.2 Å². The number of nitrogens with one attached hydrogen (secondary N) is 1. The third kappa shape index (κ3) is 1.97. The van der Waals surface area contributed by atoms with Crippen molar-refractivity contribution in [2.24, 2.45) is 0 Å². The van der Waals surface area contributed by atoms with Crippen molar-refractivity contribution in [1.82, 2.24) is 4.98 Å². The molecule has 0 aliphatic heterocycles. The van der Waals surface area contributed by atoms with Crippen molar-refractivity contribution in [3.05, 3.63) is 10.6 Å². The number of thiazole rings is 1. The molecule has 4 nitrogen and oxygen atoms in total. The molecular weight excluding hydrogens is 212 g/mol. The predicted octanol–water partition coefficient (Wildman–Crippen LogP) is 2.08. The number of aryl methyl sites for hydroxylation is 1. The van der Waals surface area contributed by atoms with Crippen molar-refractivity contribution >= 4 is 22.4 Å². The zero-order chi connectivity index (χ0) is 11.0. The normalized spacial score (nSPS) is 19.3. The summed E-state index contributed by atoms with van der Waals surface area (Å²) in [5.41, 5.74) is 0.774. The summed E-state index contributed by atoms with van der Waals surface area (Å²) in [7, 11) is 0. The van der Waals surface area contributed by atoms with Crippen LogP contribution in [0.5, 0.6) is 0 Å². The average Bonchev–Trinajstić information content (AvgIpc) is 2.60. The minimum absolute atomic E-state index is 0.333. The Bertz CT molecular complexity index is 387. The molecule has 1 unspecified atom stereocenters. The van der Waals surface area contributed by atoms with Crippen molar-refractivity contribution in [3.8, 4) is 0 Å². The van der Waals surface area contributed by atoms with Gasteiger partial charge in [0.15, 0.2) is 5.13 Å². The van der Waals surface area contributed by atoms with Gasteiger partial charge in [0.05, 0.1) is 5.69 Å². The van der Waals surface area contributed by atoms with Crippen molar-refractivity contribution < 1.29 is 9.90 Å². The van der Waals surface area contributed by atoms with E-state index in [1.165, 1.54) is 0 Å². The second-order valence-corrected chi connectivity index (χ2v) is 5.14. The number of anilines is 1. The molecule has 0 bridgehead atoms. The van der Waals surface area contributed by atoms with E-state index < -0.39 is 5.97 Å². The quantitative estimate of drug-likeness (QED) is 0.828. The third-order valence-electron chi connectivity index (χ3n) is 2.43. The van der Waals surface area contributed by atoms with Crippen LogP contribution in [0.25, 0.3) is 0 Å². The molecule has 1 aromatic heterocycles. The lowest BCUT2D eigenvalue weighted by Crippen LogP contribution is -2.11. The molecule has 1 aliphatic carbocycles. The van der Waals surface area contributed by atoms with Crippen LogP contribution in [0.3, 0.4) is 0 Å². The smallest absolute Gasteiger partial charge is 0.312 e. The summed E-state index contributed by atoms with van der Waals surface area (Å²) in [6.07, 6.45) is 1.55. The van der Waals surface area contributed by atoms with Gasteiger partial charge < -0.3 is 10.4 Å². The maximum Gasteiger partial charge on any atom is 0.312 e. The van der Waals surface area contributed by atoms with E-state index in [1.54, 1.807) is 11.3 Å². The van der Waals surface area contributed by atoms with Crippen molar-refractivity contribution in [1.29, 1.82) is 0 Å². The molecule has 0 saturated heterocycles. The van der Waals surface area contributed by atoms with Gasteiger partial charge in [-0.15, -0.1) is 11.3 Å². The lowest BCUT2D eigenvalue weighted by molar-refractivity contribution is -0.138. The molecule has 82 valence electrons. The van der Waals surface area contributed by atoms with Crippen molar-refractivity contribution in [3.63, 3.8) is 0 Å². The molecule has 0 aromatic carbocycles. The number of rotatable bonds is 3. The first-order valence-corrected chi connectivity index (χ1v) is 5.88. The van der Waals surface area contributed by atoms with Gasteiger partial charge in [-0.1, -0.05) is 0 Å². The summed E-state index contributed by atoms with van der Waals surface area (Å²) >= 11 is 1.59. The minimum Gasteiger partial charge on any atom is -0.481 e. The van der Waals surface area contributed by atoms with Gasteiger partial charge in [0, 0.05) is 10.9 Å². The van der Waals surface area contributed by atoms with E-state index in [4.69, 9.17) is 5.11 Å². The van der Waals surface area contributed by atoms with Crippen molar-refractivity contribution in [2.45, 2.75) is 38.6 Å². The first kappa shape index (κ1) is 10.4. The number of carboxylic acids is 1. The Morgan fingerprint density at radius 1 is 1.67 bits per heavy atom. The van der Waals surface area contributed by atoms with Gasteiger partial charge in [0.1, 0.15) is 5.92 Å². The molecular formula is C10H14N2O2S. The molecule has 1 heterocycles. The summed E-state index contributed by atoms with van der Waals surface area (Å²) in [5.74, 6) is -1.14. The Balaban J connectivity index is 2.22. The average molecular weight is 226 g/mol. The van der Waals surface area contributed by atoms with Gasteiger partial charge in [-0.3, -0.25) is 4.79 Å². The van der Waals surface area contributed by atoms with Crippen LogP contribution in [0.15, 0.2) is 0 Å². The molecule has 2 N–H and O–H groups in total. The monoisotopic (exact) mass is 226 g/mol. The van der Waals surface area contributed by atoms with Crippen LogP contribution in [-0.4, -0.2) is 22.1 Å². The van der Waals surface area contributed by atoms with Crippen LogP contribution < -0.4 is 5.32 Å². The van der Waals surface area contributed by atoms with Gasteiger partial charge in [-0.05, 0) is 26.7 Å². The predicted molar refractivity (Wildman–Crippen MR) is 59.6 cm³/mol. The highest BCUT2D eigenvalue weighted by molar-refractivity contribution is 7.15. The first-order valence-electron chi connectivity index (χ1n) is 5.07. The summed E-state index contributed by atoms with van der Waals surface area (Å²) in [4.78, 5) is 16.4. The molecule has 0 spiro atoms. The lowest BCUT2D eigenvalue weighted by Gasteiger charge is -2.06. The Morgan fingerprint density at radius 3 is 3.00 bits per heavy atom. The second kappa shape index (κ2) is 3.81. The van der Waals surface area contributed by atoms with Gasteiger partial charge in [0.2, 0.25) is 0 Å². The molecule has 0 amide bonds. The zero-order valence-electron chi connectivity index (χ0n) is 8.78. The van der Waals surface area contributed by atoms with Gasteiger partial charge >= 0.3 is 5.97 Å². The fourth-order valence-electron chi connectivity index (χ4n) is 1.78. The van der Waals surface area contributed by atoms with Gasteiger partial charge in [-0.25, -0.2) is 4.98 Å². The number of hydrogen-bond donors (Lipinski definition) is 2. The molecule has 5 heteroatoms. The molecule has 1 aromatic rings. The number of fused-ring (bicyclic) bond motifs is 1. The molecule has 1 aliphatic rings. The highest BCUT2D eigenvalue weighted by atomic mass is 32.1. The number of aliphatic carboxylic acids is 1. The number of carboxylic acid groups (broad SMARTS) is 1. The fourth-order valence-corrected chi connectivity index (χ4v) is 2.96. The number of carbonyl (C=O) groups is 1. The standard InChI is InChI=1S/C10H14N2O2S/c1-5(2)11-10-12-8-6(9(13)14)3-4-7(8)15-10/h5-6H,3-4H2,1-2H3,(H,11,12)(H,13,14). The lowest BCUT2D eigenvalue weighted by atomic mass is 10.1. The molecule has 0 fully saturated rings. The van der Waals surface area contributed by atoms with Crippen LogP contribution >= 0.6 is 11.3 Å². The number of hydrogen-bond acceptors (Lipinski definition) is 4. The molecule has 2 rings (SSSR count). The summed E-state index contributed by atoms with van der Waals surface area (Å²) < 4.78 is 0. The van der Waals surface area contributed by atoms with E-state index >= 15 is 0 Å². The van der Waals surface area contributed by atoms with Crippen LogP contribution in [0.1, 0.15) is 36.8 Å². The zero-order valence-corrected chi connectivity index (χ0v) is 9.60. The van der Waals surface area contributed by atoms with Crippen LogP contribution in [0.4, 0.5) is 5.13 Å². The Morgan fingerprint density at radius 2 is 2.40 bits per heavy atom. The van der Waals surface area contributed by atoms with E-state index in [1.807, 2.05) is 13.8 Å². The molecule has 0 radical (unpaired) electrons. The Kier molecular flexibility index (Phi) is 2.65. The van der Waals surface area contributed by atoms with Gasteiger partial charge in [-0.2, -0.15) is 0 Å². The third-order valence-corrected chi connectivity index (χ3v) is 3.49. The van der Waals surface area contributed by atoms with E-state index in [2.05, 4.69) is 10.3 Å². The molecule has 1 atom stereocenters. The summed E-state index contributed by atoms with van der Waals surface area (Å²) in [6.45, 7) is 4.09. The second-order valence-electron chi connectivity index (χ2n) is 4.06. The number of nitrogens with zero attached hydrogens (tertiary/aromatic N) is 1. The first-order chi connectivity index (χ1) is 7.08. The number of aromatic nitrogens is 1.